The fourth-order valence-electron chi connectivity index (χ4n) is 3.76. The summed E-state index contributed by atoms with van der Waals surface area (Å²) in [5.74, 6) is 1.53. The predicted octanol–water partition coefficient (Wildman–Crippen LogP) is 3.03. The van der Waals surface area contributed by atoms with Crippen molar-refractivity contribution in [3.05, 3.63) is 29.6 Å². The van der Waals surface area contributed by atoms with Gasteiger partial charge in [-0.1, -0.05) is 27.7 Å². The van der Waals surface area contributed by atoms with Crippen molar-refractivity contribution in [3.63, 3.8) is 0 Å². The van der Waals surface area contributed by atoms with E-state index in [2.05, 4.69) is 18.4 Å². The van der Waals surface area contributed by atoms with Crippen LogP contribution in [0, 0.1) is 5.92 Å². The molecular weight excluding hydrogens is 340 g/mol. The summed E-state index contributed by atoms with van der Waals surface area (Å²) in [5.41, 5.74) is 2.57. The predicted molar refractivity (Wildman–Crippen MR) is 107 cm³/mol. The summed E-state index contributed by atoms with van der Waals surface area (Å²) < 4.78 is 2.09. The molecule has 1 aromatic heterocycles. The molecule has 1 fully saturated rings. The Morgan fingerprint density at radius 3 is 2.33 bits per heavy atom. The number of amides is 2. The van der Waals surface area contributed by atoms with Gasteiger partial charge in [-0.25, -0.2) is 4.98 Å². The highest BCUT2D eigenvalue weighted by atomic mass is 16.2. The molecule has 0 N–H and O–H groups in total. The Balaban J connectivity index is 1.78. The Bertz CT molecular complexity index is 853. The van der Waals surface area contributed by atoms with Crippen LogP contribution in [0.3, 0.4) is 0 Å². The fourth-order valence-corrected chi connectivity index (χ4v) is 3.76. The summed E-state index contributed by atoms with van der Waals surface area (Å²) in [7, 11) is 2.02. The van der Waals surface area contributed by atoms with Crippen molar-refractivity contribution in [1.82, 2.24) is 19.4 Å². The second kappa shape index (κ2) is 7.71. The van der Waals surface area contributed by atoms with Crippen LogP contribution in [0.4, 0.5) is 0 Å². The standard InChI is InChI=1S/C21H30N4O2/c1-14(2)19-22-17-13-16(7-8-18(17)23(19)5)21(27)25-10-6-9-24(11-12-25)20(26)15(3)4/h7-8,13-15H,6,9-12H2,1-5H3. The van der Waals surface area contributed by atoms with E-state index in [1.54, 1.807) is 0 Å². The second-order valence-corrected chi connectivity index (χ2v) is 8.01. The molecule has 0 bridgehead atoms. The van der Waals surface area contributed by atoms with Crippen molar-refractivity contribution in [3.8, 4) is 0 Å². The zero-order valence-electron chi connectivity index (χ0n) is 17.0. The van der Waals surface area contributed by atoms with Crippen molar-refractivity contribution in [2.24, 2.45) is 13.0 Å². The van der Waals surface area contributed by atoms with Crippen LogP contribution in [-0.2, 0) is 11.8 Å². The van der Waals surface area contributed by atoms with Gasteiger partial charge in [-0.2, -0.15) is 0 Å². The number of hydrogen-bond acceptors (Lipinski definition) is 3. The molecule has 146 valence electrons. The average Bonchev–Trinajstić information content (AvgIpc) is 2.82. The highest BCUT2D eigenvalue weighted by molar-refractivity contribution is 5.97. The van der Waals surface area contributed by atoms with Gasteiger partial charge in [0, 0.05) is 50.6 Å². The van der Waals surface area contributed by atoms with Gasteiger partial charge < -0.3 is 14.4 Å². The molecule has 0 saturated carbocycles. The van der Waals surface area contributed by atoms with E-state index < -0.39 is 0 Å². The number of benzene rings is 1. The zero-order chi connectivity index (χ0) is 19.7. The van der Waals surface area contributed by atoms with Crippen LogP contribution in [0.2, 0.25) is 0 Å². The van der Waals surface area contributed by atoms with Gasteiger partial charge in [-0.05, 0) is 24.6 Å². The first-order valence-corrected chi connectivity index (χ1v) is 9.84. The second-order valence-electron chi connectivity index (χ2n) is 8.01. The van der Waals surface area contributed by atoms with E-state index in [0.717, 1.165) is 29.8 Å². The van der Waals surface area contributed by atoms with Crippen LogP contribution in [-0.4, -0.2) is 57.3 Å². The minimum absolute atomic E-state index is 0.00559. The first-order chi connectivity index (χ1) is 12.8. The highest BCUT2D eigenvalue weighted by Crippen LogP contribution is 2.22. The van der Waals surface area contributed by atoms with Gasteiger partial charge in [-0.3, -0.25) is 9.59 Å². The normalized spacial score (nSPS) is 15.7. The molecule has 6 heteroatoms. The van der Waals surface area contributed by atoms with Crippen LogP contribution < -0.4 is 0 Å². The SMILES string of the molecule is CC(C)C(=O)N1CCCN(C(=O)c2ccc3c(c2)nc(C(C)C)n3C)CC1. The summed E-state index contributed by atoms with van der Waals surface area (Å²) in [4.78, 5) is 33.7. The molecule has 3 rings (SSSR count). The molecule has 0 radical (unpaired) electrons. The van der Waals surface area contributed by atoms with Gasteiger partial charge in [0.2, 0.25) is 5.91 Å². The summed E-state index contributed by atoms with van der Waals surface area (Å²) in [6.07, 6.45) is 0.813. The Morgan fingerprint density at radius 1 is 1.00 bits per heavy atom. The number of imidazole rings is 1. The van der Waals surface area contributed by atoms with Crippen LogP contribution >= 0.6 is 0 Å². The number of aromatic nitrogens is 2. The molecule has 1 aromatic carbocycles. The van der Waals surface area contributed by atoms with Crippen LogP contribution in [0.15, 0.2) is 18.2 Å². The summed E-state index contributed by atoms with van der Waals surface area (Å²) >= 11 is 0. The maximum atomic E-state index is 13.0. The number of hydrogen-bond donors (Lipinski definition) is 0. The van der Waals surface area contributed by atoms with Gasteiger partial charge in [0.25, 0.3) is 5.91 Å². The molecule has 2 amide bonds. The van der Waals surface area contributed by atoms with E-state index in [1.807, 2.05) is 48.9 Å². The summed E-state index contributed by atoms with van der Waals surface area (Å²) in [6, 6.07) is 5.76. The van der Waals surface area contributed by atoms with Crippen molar-refractivity contribution in [2.45, 2.75) is 40.0 Å². The van der Waals surface area contributed by atoms with Crippen LogP contribution in [0.25, 0.3) is 11.0 Å². The smallest absolute Gasteiger partial charge is 0.253 e. The monoisotopic (exact) mass is 370 g/mol. The number of fused-ring (bicyclic) bond motifs is 1. The average molecular weight is 370 g/mol. The molecule has 0 aliphatic carbocycles. The lowest BCUT2D eigenvalue weighted by Gasteiger charge is -2.23. The van der Waals surface area contributed by atoms with Crippen molar-refractivity contribution in [2.75, 3.05) is 26.2 Å². The molecule has 1 aliphatic rings. The number of rotatable bonds is 3. The lowest BCUT2D eigenvalue weighted by molar-refractivity contribution is -0.134. The molecule has 2 heterocycles. The Labute approximate surface area is 161 Å². The molecule has 1 aliphatic heterocycles. The van der Waals surface area contributed by atoms with E-state index in [4.69, 9.17) is 4.98 Å². The molecular formula is C21H30N4O2. The number of carbonyl (C=O) groups is 2. The number of aryl methyl sites for hydroxylation is 1. The molecule has 0 spiro atoms. The van der Waals surface area contributed by atoms with E-state index in [-0.39, 0.29) is 17.7 Å². The maximum absolute atomic E-state index is 13.0. The Morgan fingerprint density at radius 2 is 1.67 bits per heavy atom. The van der Waals surface area contributed by atoms with Gasteiger partial charge >= 0.3 is 0 Å². The highest BCUT2D eigenvalue weighted by Gasteiger charge is 2.24. The van der Waals surface area contributed by atoms with E-state index in [0.29, 0.717) is 31.1 Å². The Kier molecular flexibility index (Phi) is 5.53. The molecule has 2 aromatic rings. The topological polar surface area (TPSA) is 58.4 Å². The molecule has 6 nitrogen and oxygen atoms in total. The van der Waals surface area contributed by atoms with E-state index in [9.17, 15) is 9.59 Å². The first kappa shape index (κ1) is 19.4. The third-order valence-corrected chi connectivity index (χ3v) is 5.27. The largest absolute Gasteiger partial charge is 0.341 e. The van der Waals surface area contributed by atoms with Gasteiger partial charge in [0.05, 0.1) is 11.0 Å². The van der Waals surface area contributed by atoms with Crippen molar-refractivity contribution in [1.29, 1.82) is 0 Å². The lowest BCUT2D eigenvalue weighted by atomic mass is 10.1. The lowest BCUT2D eigenvalue weighted by Crippen LogP contribution is -2.38. The quantitative estimate of drug-likeness (QED) is 0.834. The van der Waals surface area contributed by atoms with Crippen LogP contribution in [0.1, 0.15) is 56.2 Å². The van der Waals surface area contributed by atoms with Crippen molar-refractivity contribution >= 4 is 22.8 Å². The maximum Gasteiger partial charge on any atom is 0.253 e. The Hall–Kier alpha value is -2.37. The molecule has 27 heavy (non-hydrogen) atoms. The van der Waals surface area contributed by atoms with Gasteiger partial charge in [-0.15, -0.1) is 0 Å². The van der Waals surface area contributed by atoms with Gasteiger partial charge in [0.15, 0.2) is 0 Å². The summed E-state index contributed by atoms with van der Waals surface area (Å²) in [6.45, 7) is 10.7. The third kappa shape index (κ3) is 3.84. The number of nitrogens with zero attached hydrogens (tertiary/aromatic N) is 4. The van der Waals surface area contributed by atoms with E-state index in [1.165, 1.54) is 0 Å². The zero-order valence-corrected chi connectivity index (χ0v) is 17.0. The van der Waals surface area contributed by atoms with Crippen LogP contribution in [0.5, 0.6) is 0 Å². The minimum atomic E-state index is -0.00559. The third-order valence-electron chi connectivity index (χ3n) is 5.27. The van der Waals surface area contributed by atoms with E-state index >= 15 is 0 Å². The van der Waals surface area contributed by atoms with Gasteiger partial charge in [0.1, 0.15) is 5.82 Å². The number of carbonyl (C=O) groups excluding carboxylic acids is 2. The molecule has 1 saturated heterocycles. The molecule has 0 atom stereocenters. The summed E-state index contributed by atoms with van der Waals surface area (Å²) in [5, 5.41) is 0. The first-order valence-electron chi connectivity index (χ1n) is 9.84. The van der Waals surface area contributed by atoms with Crippen molar-refractivity contribution < 1.29 is 9.59 Å². The molecule has 0 unspecified atom stereocenters. The fraction of sp³-hybridized carbons (Fsp3) is 0.571. The minimum Gasteiger partial charge on any atom is -0.341 e.